The van der Waals surface area contributed by atoms with Crippen molar-refractivity contribution in [3.63, 3.8) is 0 Å². The topological polar surface area (TPSA) is 59.6 Å². The average molecular weight is 351 g/mol. The van der Waals surface area contributed by atoms with Crippen LogP contribution in [0.4, 0.5) is 13.2 Å². The summed E-state index contributed by atoms with van der Waals surface area (Å²) in [6.45, 7) is 0.841. The van der Waals surface area contributed by atoms with E-state index in [1.807, 2.05) is 24.3 Å². The van der Waals surface area contributed by atoms with Crippen LogP contribution in [0.1, 0.15) is 11.1 Å². The van der Waals surface area contributed by atoms with Crippen molar-refractivity contribution in [1.29, 1.82) is 0 Å². The van der Waals surface area contributed by atoms with Crippen LogP contribution < -0.4 is 15.8 Å². The summed E-state index contributed by atoms with van der Waals surface area (Å²) in [6.07, 6.45) is 1.02. The number of methoxy groups -OCH3 is 1. The molecule has 7 heteroatoms. The average Bonchev–Trinajstić information content (AvgIpc) is 2.60. The van der Waals surface area contributed by atoms with E-state index in [2.05, 4.69) is 10.3 Å². The standard InChI is InChI=1S/C18H20F3N3O/c1-25-14-4-2-12(3-5-14)6-8-23-18(22)24-9-7-13-10-15(19)17(21)16(20)11-13/h2-5,10-11H,6-9H2,1H3,(H3,22,23,24). The van der Waals surface area contributed by atoms with E-state index < -0.39 is 17.5 Å². The SMILES string of the molecule is COc1ccc(CCN=C(N)NCCc2cc(F)c(F)c(F)c2)cc1. The molecule has 0 aliphatic carbocycles. The summed E-state index contributed by atoms with van der Waals surface area (Å²) in [5.74, 6) is -2.82. The molecule has 25 heavy (non-hydrogen) atoms. The van der Waals surface area contributed by atoms with Gasteiger partial charge >= 0.3 is 0 Å². The molecule has 0 unspecified atom stereocenters. The molecule has 2 rings (SSSR count). The fourth-order valence-corrected chi connectivity index (χ4v) is 2.24. The summed E-state index contributed by atoms with van der Waals surface area (Å²) < 4.78 is 44.2. The fraction of sp³-hybridized carbons (Fsp3) is 0.278. The molecule has 0 saturated heterocycles. The number of hydrogen-bond donors (Lipinski definition) is 2. The zero-order valence-electron chi connectivity index (χ0n) is 13.9. The molecule has 2 aromatic rings. The molecule has 0 amide bonds. The number of rotatable bonds is 7. The molecule has 0 aliphatic rings. The zero-order valence-corrected chi connectivity index (χ0v) is 13.9. The molecule has 0 heterocycles. The molecule has 0 atom stereocenters. The van der Waals surface area contributed by atoms with Crippen LogP contribution in [0.3, 0.4) is 0 Å². The lowest BCUT2D eigenvalue weighted by Gasteiger charge is -2.07. The third-order valence-corrected chi connectivity index (χ3v) is 3.61. The molecular formula is C18H20F3N3O. The lowest BCUT2D eigenvalue weighted by Crippen LogP contribution is -2.33. The van der Waals surface area contributed by atoms with Crippen LogP contribution in [0.5, 0.6) is 5.75 Å². The summed E-state index contributed by atoms with van der Waals surface area (Å²) in [5, 5.41) is 2.86. The number of nitrogens with zero attached hydrogens (tertiary/aromatic N) is 1. The van der Waals surface area contributed by atoms with Gasteiger partial charge in [0.15, 0.2) is 23.4 Å². The van der Waals surface area contributed by atoms with E-state index in [0.29, 0.717) is 25.1 Å². The first-order valence-corrected chi connectivity index (χ1v) is 7.79. The van der Waals surface area contributed by atoms with Gasteiger partial charge in [0, 0.05) is 13.1 Å². The van der Waals surface area contributed by atoms with Crippen molar-refractivity contribution in [1.82, 2.24) is 5.32 Å². The molecule has 2 aromatic carbocycles. The first-order valence-electron chi connectivity index (χ1n) is 7.79. The van der Waals surface area contributed by atoms with Gasteiger partial charge in [-0.05, 0) is 48.2 Å². The lowest BCUT2D eigenvalue weighted by atomic mass is 10.1. The summed E-state index contributed by atoms with van der Waals surface area (Å²) in [7, 11) is 1.61. The highest BCUT2D eigenvalue weighted by Crippen LogP contribution is 2.14. The van der Waals surface area contributed by atoms with Gasteiger partial charge in [-0.25, -0.2) is 13.2 Å². The maximum absolute atomic E-state index is 13.1. The highest BCUT2D eigenvalue weighted by Gasteiger charge is 2.10. The summed E-state index contributed by atoms with van der Waals surface area (Å²) in [5.41, 5.74) is 7.19. The van der Waals surface area contributed by atoms with Crippen LogP contribution in [0.25, 0.3) is 0 Å². The third-order valence-electron chi connectivity index (χ3n) is 3.61. The quantitative estimate of drug-likeness (QED) is 0.458. The highest BCUT2D eigenvalue weighted by atomic mass is 19.2. The number of ether oxygens (including phenoxy) is 1. The van der Waals surface area contributed by atoms with Crippen LogP contribution in [-0.4, -0.2) is 26.2 Å². The van der Waals surface area contributed by atoms with E-state index in [0.717, 1.165) is 29.9 Å². The van der Waals surface area contributed by atoms with Crippen molar-refractivity contribution < 1.29 is 17.9 Å². The molecular weight excluding hydrogens is 331 g/mol. The Morgan fingerprint density at radius 3 is 2.28 bits per heavy atom. The number of halogens is 3. The Morgan fingerprint density at radius 1 is 1.04 bits per heavy atom. The Labute approximate surface area is 144 Å². The van der Waals surface area contributed by atoms with Crippen LogP contribution in [-0.2, 0) is 12.8 Å². The van der Waals surface area contributed by atoms with Crippen molar-refractivity contribution >= 4 is 5.96 Å². The van der Waals surface area contributed by atoms with Gasteiger partial charge in [-0.2, -0.15) is 0 Å². The van der Waals surface area contributed by atoms with Crippen LogP contribution >= 0.6 is 0 Å². The molecule has 0 spiro atoms. The van der Waals surface area contributed by atoms with Gasteiger partial charge in [0.25, 0.3) is 0 Å². The van der Waals surface area contributed by atoms with Gasteiger partial charge < -0.3 is 15.8 Å². The van der Waals surface area contributed by atoms with Gasteiger partial charge in [-0.1, -0.05) is 12.1 Å². The summed E-state index contributed by atoms with van der Waals surface area (Å²) in [4.78, 5) is 4.19. The number of guanidine groups is 1. The number of nitrogens with one attached hydrogen (secondary N) is 1. The van der Waals surface area contributed by atoms with Gasteiger partial charge in [-0.3, -0.25) is 4.99 Å². The van der Waals surface area contributed by atoms with Gasteiger partial charge in [-0.15, -0.1) is 0 Å². The second-order valence-electron chi connectivity index (χ2n) is 5.42. The highest BCUT2D eigenvalue weighted by molar-refractivity contribution is 5.77. The Hall–Kier alpha value is -2.70. The van der Waals surface area contributed by atoms with Crippen molar-refractivity contribution in [3.8, 4) is 5.75 Å². The van der Waals surface area contributed by atoms with E-state index in [9.17, 15) is 13.2 Å². The minimum absolute atomic E-state index is 0.247. The first kappa shape index (κ1) is 18.6. The number of benzene rings is 2. The largest absolute Gasteiger partial charge is 0.497 e. The Kier molecular flexibility index (Phi) is 6.68. The smallest absolute Gasteiger partial charge is 0.194 e. The van der Waals surface area contributed by atoms with Crippen LogP contribution in [0.2, 0.25) is 0 Å². The number of nitrogens with two attached hydrogens (primary N) is 1. The van der Waals surface area contributed by atoms with Crippen molar-refractivity contribution in [3.05, 3.63) is 65.0 Å². The monoisotopic (exact) mass is 351 g/mol. The van der Waals surface area contributed by atoms with E-state index in [1.54, 1.807) is 7.11 Å². The van der Waals surface area contributed by atoms with Gasteiger partial charge in [0.2, 0.25) is 0 Å². The molecule has 0 radical (unpaired) electrons. The Bertz CT molecular complexity index is 710. The maximum Gasteiger partial charge on any atom is 0.194 e. The molecule has 4 nitrogen and oxygen atoms in total. The first-order chi connectivity index (χ1) is 12.0. The van der Waals surface area contributed by atoms with Gasteiger partial charge in [0.1, 0.15) is 5.75 Å². The summed E-state index contributed by atoms with van der Waals surface area (Å²) >= 11 is 0. The van der Waals surface area contributed by atoms with E-state index >= 15 is 0 Å². The fourth-order valence-electron chi connectivity index (χ4n) is 2.24. The predicted octanol–water partition coefficient (Wildman–Crippen LogP) is 2.80. The predicted molar refractivity (Wildman–Crippen MR) is 91.2 cm³/mol. The van der Waals surface area contributed by atoms with Crippen molar-refractivity contribution in [2.45, 2.75) is 12.8 Å². The van der Waals surface area contributed by atoms with E-state index in [1.165, 1.54) is 0 Å². The second kappa shape index (κ2) is 8.96. The van der Waals surface area contributed by atoms with Crippen LogP contribution in [0, 0.1) is 17.5 Å². The Balaban J connectivity index is 1.75. The molecule has 0 aliphatic heterocycles. The lowest BCUT2D eigenvalue weighted by molar-refractivity contribution is 0.414. The maximum atomic E-state index is 13.1. The normalized spacial score (nSPS) is 11.4. The van der Waals surface area contributed by atoms with Crippen LogP contribution in [0.15, 0.2) is 41.4 Å². The summed E-state index contributed by atoms with van der Waals surface area (Å²) in [6, 6.07) is 9.60. The minimum Gasteiger partial charge on any atom is -0.497 e. The Morgan fingerprint density at radius 2 is 1.68 bits per heavy atom. The molecule has 134 valence electrons. The third kappa shape index (κ3) is 5.70. The number of hydrogen-bond acceptors (Lipinski definition) is 2. The van der Waals surface area contributed by atoms with E-state index in [4.69, 9.17) is 10.5 Å². The zero-order chi connectivity index (χ0) is 18.2. The second-order valence-corrected chi connectivity index (χ2v) is 5.42. The molecule has 0 fully saturated rings. The van der Waals surface area contributed by atoms with Gasteiger partial charge in [0.05, 0.1) is 7.11 Å². The molecule has 0 aromatic heterocycles. The molecule has 0 saturated carbocycles. The molecule has 3 N–H and O–H groups in total. The van der Waals surface area contributed by atoms with Crippen molar-refractivity contribution in [2.24, 2.45) is 10.7 Å². The molecule has 0 bridgehead atoms. The van der Waals surface area contributed by atoms with E-state index in [-0.39, 0.29) is 5.96 Å². The van der Waals surface area contributed by atoms with Crippen molar-refractivity contribution in [2.75, 3.05) is 20.2 Å². The minimum atomic E-state index is -1.46. The number of aliphatic imine (C=N–C) groups is 1.